The van der Waals surface area contributed by atoms with E-state index < -0.39 is 12.1 Å². The molecule has 0 spiro atoms. The number of ether oxygens (including phenoxy) is 2. The number of hydrogen-bond acceptors (Lipinski definition) is 6. The Morgan fingerprint density at radius 3 is 2.62 bits per heavy atom. The second kappa shape index (κ2) is 10.1. The van der Waals surface area contributed by atoms with Crippen LogP contribution in [-0.2, 0) is 20.9 Å². The topological polar surface area (TPSA) is 102 Å². The first-order valence-electron chi connectivity index (χ1n) is 9.96. The largest absolute Gasteiger partial charge is 0.490 e. The van der Waals surface area contributed by atoms with E-state index in [1.54, 1.807) is 18.5 Å². The molecule has 174 valence electrons. The van der Waals surface area contributed by atoms with Gasteiger partial charge in [-0.3, -0.25) is 9.78 Å². The number of morpholine rings is 1. The predicted molar refractivity (Wildman–Crippen MR) is 104 cm³/mol. The first kappa shape index (κ1) is 23.7. The van der Waals surface area contributed by atoms with Crippen LogP contribution < -0.4 is 0 Å². The van der Waals surface area contributed by atoms with Gasteiger partial charge in [-0.1, -0.05) is 6.07 Å². The van der Waals surface area contributed by atoms with E-state index in [9.17, 15) is 18.0 Å². The maximum absolute atomic E-state index is 12.9. The maximum atomic E-state index is 12.9. The SMILES string of the molecule is Cc1occc1C(=O)N1CCO[C@H]2[C@@H](OCc3ccccn3)CC[C@@H]21.O=C(O)C(F)(F)F. The average Bonchev–Trinajstić information content (AvgIpc) is 3.38. The molecule has 0 aromatic carbocycles. The Kier molecular flexibility index (Phi) is 7.52. The maximum Gasteiger partial charge on any atom is 0.490 e. The highest BCUT2D eigenvalue weighted by Crippen LogP contribution is 2.33. The molecule has 2 aliphatic rings. The highest BCUT2D eigenvalue weighted by molar-refractivity contribution is 5.95. The van der Waals surface area contributed by atoms with Gasteiger partial charge in [0.15, 0.2) is 0 Å². The Balaban J connectivity index is 0.000000360. The summed E-state index contributed by atoms with van der Waals surface area (Å²) in [6.07, 6.45) is -0.0626. The summed E-state index contributed by atoms with van der Waals surface area (Å²) in [4.78, 5) is 28.0. The zero-order chi connectivity index (χ0) is 23.3. The summed E-state index contributed by atoms with van der Waals surface area (Å²) in [6, 6.07) is 7.59. The standard InChI is InChI=1S/C19H22N2O4.C2HF3O2/c1-13-15(7-10-23-13)19(22)21-9-11-24-18-16(21)5-6-17(18)25-12-14-4-2-3-8-20-14;3-2(4,5)1(6)7/h2-4,7-8,10,16-18H,5-6,9,11-12H2,1H3;(H,6,7)/t16-,17-,18+;/m0./s1. The quantitative estimate of drug-likeness (QED) is 0.754. The highest BCUT2D eigenvalue weighted by atomic mass is 19.4. The average molecular weight is 456 g/mol. The van der Waals surface area contributed by atoms with Crippen molar-refractivity contribution in [1.82, 2.24) is 9.88 Å². The number of aliphatic carboxylic acids is 1. The molecule has 1 amide bonds. The molecule has 3 atom stereocenters. The Morgan fingerprint density at radius 1 is 1.28 bits per heavy atom. The molecule has 1 saturated carbocycles. The van der Waals surface area contributed by atoms with E-state index in [1.165, 1.54) is 0 Å². The first-order valence-corrected chi connectivity index (χ1v) is 9.96. The van der Waals surface area contributed by atoms with E-state index in [1.807, 2.05) is 30.0 Å². The lowest BCUT2D eigenvalue weighted by Gasteiger charge is -2.39. The van der Waals surface area contributed by atoms with Crippen molar-refractivity contribution >= 4 is 11.9 Å². The molecule has 0 bridgehead atoms. The Hall–Kier alpha value is -2.92. The monoisotopic (exact) mass is 456 g/mol. The number of carboxylic acids is 1. The van der Waals surface area contributed by atoms with Crippen LogP contribution >= 0.6 is 0 Å². The molecule has 2 aromatic heterocycles. The summed E-state index contributed by atoms with van der Waals surface area (Å²) in [7, 11) is 0. The molecule has 1 aliphatic carbocycles. The lowest BCUT2D eigenvalue weighted by atomic mass is 10.1. The number of nitrogens with zero attached hydrogens (tertiary/aromatic N) is 2. The van der Waals surface area contributed by atoms with Gasteiger partial charge in [0.1, 0.15) is 11.9 Å². The van der Waals surface area contributed by atoms with Crippen LogP contribution in [0.15, 0.2) is 41.1 Å². The number of aryl methyl sites for hydroxylation is 1. The summed E-state index contributed by atoms with van der Waals surface area (Å²) >= 11 is 0. The molecule has 2 aromatic rings. The van der Waals surface area contributed by atoms with Crippen LogP contribution in [0, 0.1) is 6.92 Å². The third-order valence-electron chi connectivity index (χ3n) is 5.30. The molecule has 0 radical (unpaired) electrons. The van der Waals surface area contributed by atoms with Crippen molar-refractivity contribution in [3.05, 3.63) is 53.7 Å². The van der Waals surface area contributed by atoms with Gasteiger partial charge in [0.05, 0.1) is 42.9 Å². The van der Waals surface area contributed by atoms with Gasteiger partial charge in [-0.15, -0.1) is 0 Å². The number of pyridine rings is 1. The van der Waals surface area contributed by atoms with Crippen LogP contribution in [0.1, 0.15) is 34.7 Å². The first-order chi connectivity index (χ1) is 15.2. The van der Waals surface area contributed by atoms with E-state index in [-0.39, 0.29) is 24.2 Å². The van der Waals surface area contributed by atoms with Crippen LogP contribution in [-0.4, -0.2) is 64.4 Å². The van der Waals surface area contributed by atoms with Crippen LogP contribution in [0.4, 0.5) is 13.2 Å². The normalized spacial score (nSPS) is 22.6. The van der Waals surface area contributed by atoms with Gasteiger partial charge in [0, 0.05) is 12.7 Å². The van der Waals surface area contributed by atoms with Crippen molar-refractivity contribution in [2.75, 3.05) is 13.2 Å². The Bertz CT molecular complexity index is 918. The molecular formula is C21H23F3N2O6. The third-order valence-corrected chi connectivity index (χ3v) is 5.30. The summed E-state index contributed by atoms with van der Waals surface area (Å²) in [5, 5.41) is 7.12. The summed E-state index contributed by atoms with van der Waals surface area (Å²) in [5.41, 5.74) is 1.54. The van der Waals surface area contributed by atoms with E-state index in [2.05, 4.69) is 4.98 Å². The number of fused-ring (bicyclic) bond motifs is 1. The number of carbonyl (C=O) groups is 2. The van der Waals surface area contributed by atoms with Crippen molar-refractivity contribution in [2.45, 2.75) is 50.8 Å². The molecule has 4 rings (SSSR count). The number of carbonyl (C=O) groups excluding carboxylic acids is 1. The number of aromatic nitrogens is 1. The van der Waals surface area contributed by atoms with E-state index in [4.69, 9.17) is 23.8 Å². The van der Waals surface area contributed by atoms with Crippen molar-refractivity contribution in [3.8, 4) is 0 Å². The van der Waals surface area contributed by atoms with Crippen LogP contribution in [0.5, 0.6) is 0 Å². The fourth-order valence-corrected chi connectivity index (χ4v) is 3.78. The van der Waals surface area contributed by atoms with Crippen molar-refractivity contribution in [2.24, 2.45) is 0 Å². The second-order valence-electron chi connectivity index (χ2n) is 7.34. The zero-order valence-electron chi connectivity index (χ0n) is 17.2. The number of rotatable bonds is 4. The summed E-state index contributed by atoms with van der Waals surface area (Å²) < 4.78 is 49.0. The third kappa shape index (κ3) is 5.65. The van der Waals surface area contributed by atoms with Crippen LogP contribution in [0.2, 0.25) is 0 Å². The zero-order valence-corrected chi connectivity index (χ0v) is 17.2. The fourth-order valence-electron chi connectivity index (χ4n) is 3.78. The molecule has 2 fully saturated rings. The molecule has 3 heterocycles. The smallest absolute Gasteiger partial charge is 0.475 e. The molecule has 8 nitrogen and oxygen atoms in total. The molecule has 32 heavy (non-hydrogen) atoms. The van der Waals surface area contributed by atoms with Gasteiger partial charge >= 0.3 is 12.1 Å². The van der Waals surface area contributed by atoms with Gasteiger partial charge in [-0.05, 0) is 38.0 Å². The summed E-state index contributed by atoms with van der Waals surface area (Å²) in [5.74, 6) is -2.07. The molecule has 11 heteroatoms. The minimum atomic E-state index is -5.08. The van der Waals surface area contributed by atoms with E-state index >= 15 is 0 Å². The van der Waals surface area contributed by atoms with Gasteiger partial charge < -0.3 is 23.9 Å². The number of hydrogen-bond donors (Lipinski definition) is 1. The van der Waals surface area contributed by atoms with E-state index in [0.29, 0.717) is 31.1 Å². The highest BCUT2D eigenvalue weighted by Gasteiger charge is 2.45. The lowest BCUT2D eigenvalue weighted by Crippen LogP contribution is -2.53. The van der Waals surface area contributed by atoms with Crippen molar-refractivity contribution in [3.63, 3.8) is 0 Å². The van der Waals surface area contributed by atoms with Gasteiger partial charge in [-0.2, -0.15) is 13.2 Å². The Labute approximate surface area is 181 Å². The van der Waals surface area contributed by atoms with Crippen molar-refractivity contribution < 1.29 is 41.8 Å². The molecular weight excluding hydrogens is 433 g/mol. The molecule has 0 unspecified atom stereocenters. The van der Waals surface area contributed by atoms with Crippen LogP contribution in [0.25, 0.3) is 0 Å². The predicted octanol–water partition coefficient (Wildman–Crippen LogP) is 3.21. The second-order valence-corrected chi connectivity index (χ2v) is 7.34. The lowest BCUT2D eigenvalue weighted by molar-refractivity contribution is -0.192. The van der Waals surface area contributed by atoms with Gasteiger partial charge in [0.25, 0.3) is 5.91 Å². The Morgan fingerprint density at radius 2 is 2.03 bits per heavy atom. The molecule has 1 aliphatic heterocycles. The number of furan rings is 1. The number of carboxylic acid groups (broad SMARTS) is 1. The minimum Gasteiger partial charge on any atom is -0.475 e. The molecule has 1 N–H and O–H groups in total. The number of alkyl halides is 3. The van der Waals surface area contributed by atoms with Gasteiger partial charge in [0.2, 0.25) is 0 Å². The van der Waals surface area contributed by atoms with Gasteiger partial charge in [-0.25, -0.2) is 4.79 Å². The minimum absolute atomic E-state index is 0.00643. The molecule has 1 saturated heterocycles. The van der Waals surface area contributed by atoms with E-state index in [0.717, 1.165) is 18.5 Å². The van der Waals surface area contributed by atoms with Crippen LogP contribution in [0.3, 0.4) is 0 Å². The fraction of sp³-hybridized carbons (Fsp3) is 0.476. The number of amides is 1. The number of halogens is 3. The summed E-state index contributed by atoms with van der Waals surface area (Å²) in [6.45, 7) is 3.43. The van der Waals surface area contributed by atoms with Crippen molar-refractivity contribution in [1.29, 1.82) is 0 Å².